The maximum atomic E-state index is 13.9. The third-order valence-electron chi connectivity index (χ3n) is 8.54. The van der Waals surface area contributed by atoms with Gasteiger partial charge in [0.25, 0.3) is 0 Å². The summed E-state index contributed by atoms with van der Waals surface area (Å²) < 4.78 is 17.7. The van der Waals surface area contributed by atoms with Gasteiger partial charge < -0.3 is 28.7 Å². The number of aromatic nitrogens is 1. The number of hydrogen-bond donors (Lipinski definition) is 1. The van der Waals surface area contributed by atoms with Gasteiger partial charge in [-0.3, -0.25) is 19.5 Å². The Morgan fingerprint density at radius 2 is 1.93 bits per heavy atom. The van der Waals surface area contributed by atoms with Gasteiger partial charge in [0.2, 0.25) is 18.4 Å². The molecule has 1 amide bonds. The summed E-state index contributed by atoms with van der Waals surface area (Å²) in [6.45, 7) is 5.36. The van der Waals surface area contributed by atoms with E-state index in [0.717, 1.165) is 61.1 Å². The number of quaternary nitrogens is 1. The molecule has 10 nitrogen and oxygen atoms in total. The summed E-state index contributed by atoms with van der Waals surface area (Å²) in [6.07, 6.45) is 6.91. The summed E-state index contributed by atoms with van der Waals surface area (Å²) in [7, 11) is 8.12. The number of carboxylic acid groups (broad SMARTS) is 1. The molecule has 3 heterocycles. The zero-order chi connectivity index (χ0) is 31.0. The Kier molecular flexibility index (Phi) is 11.3. The van der Waals surface area contributed by atoms with E-state index in [1.165, 1.54) is 0 Å². The number of rotatable bonds is 16. The monoisotopic (exact) mass is 597 g/mol. The van der Waals surface area contributed by atoms with Crippen LogP contribution in [0.3, 0.4) is 0 Å². The third kappa shape index (κ3) is 8.60. The Morgan fingerprint density at radius 1 is 1.14 bits per heavy atom. The molecule has 0 bridgehead atoms. The molecule has 0 aliphatic carbocycles. The minimum Gasteiger partial charge on any atom is -0.493 e. The average Bonchev–Trinajstić information content (AvgIpc) is 3.60. The van der Waals surface area contributed by atoms with Gasteiger partial charge in [0.1, 0.15) is 0 Å². The number of fused-ring (bicyclic) bond motifs is 1. The fourth-order valence-corrected chi connectivity index (χ4v) is 6.27. The van der Waals surface area contributed by atoms with Gasteiger partial charge in [0, 0.05) is 43.5 Å². The summed E-state index contributed by atoms with van der Waals surface area (Å²) >= 11 is 0. The van der Waals surface area contributed by atoms with Crippen LogP contribution in [0.25, 0.3) is 0 Å². The van der Waals surface area contributed by atoms with Crippen molar-refractivity contribution in [3.8, 4) is 17.2 Å². The molecule has 236 valence electrons. The van der Waals surface area contributed by atoms with E-state index in [-0.39, 0.29) is 31.2 Å². The highest BCUT2D eigenvalue weighted by Crippen LogP contribution is 2.47. The van der Waals surface area contributed by atoms with Crippen molar-refractivity contribution in [1.82, 2.24) is 14.8 Å². The first-order chi connectivity index (χ1) is 20.6. The van der Waals surface area contributed by atoms with Gasteiger partial charge in [-0.1, -0.05) is 19.4 Å². The van der Waals surface area contributed by atoms with Gasteiger partial charge in [0.05, 0.1) is 47.3 Å². The molecule has 4 rings (SSSR count). The number of amides is 1. The third-order valence-corrected chi connectivity index (χ3v) is 8.54. The molecule has 2 aliphatic rings. The summed E-state index contributed by atoms with van der Waals surface area (Å²) in [5.41, 5.74) is 1.72. The molecule has 2 aromatic rings. The molecule has 1 aromatic heterocycles. The van der Waals surface area contributed by atoms with Crippen molar-refractivity contribution in [3.63, 3.8) is 0 Å². The number of benzene rings is 1. The standard InChI is InChI=1S/C33H48N4O6/c1-6-7-16-35(17-10-11-18-37(2,3)4)30(38)22-36-21-26(24-19-28(41-5)32-29(20-24)42-23-43-32)31(33(39)40)27(36)14-13-25-12-8-9-15-34-25/h8-9,12,15,19-20,26-27,31H,6-7,10-11,13-14,16-18,21-23H2,1-5H3/p+1/t26-,27+,31-/m1/s1. The number of hydrogen-bond acceptors (Lipinski definition) is 7. The van der Waals surface area contributed by atoms with Crippen LogP contribution in [-0.4, -0.2) is 110 Å². The normalized spacial score (nSPS) is 19.9. The van der Waals surface area contributed by atoms with Crippen LogP contribution < -0.4 is 14.2 Å². The Hall–Kier alpha value is -3.37. The molecule has 0 unspecified atom stereocenters. The molecule has 0 saturated carbocycles. The second-order valence-electron chi connectivity index (χ2n) is 12.7. The van der Waals surface area contributed by atoms with Crippen molar-refractivity contribution in [3.05, 3.63) is 47.8 Å². The number of ether oxygens (including phenoxy) is 3. The molecule has 3 atom stereocenters. The average molecular weight is 598 g/mol. The largest absolute Gasteiger partial charge is 0.493 e. The van der Waals surface area contributed by atoms with E-state index in [4.69, 9.17) is 14.2 Å². The summed E-state index contributed by atoms with van der Waals surface area (Å²) in [6, 6.07) is 9.17. The Labute approximate surface area is 256 Å². The number of nitrogens with zero attached hydrogens (tertiary/aromatic N) is 4. The molecule has 43 heavy (non-hydrogen) atoms. The smallest absolute Gasteiger partial charge is 0.308 e. The van der Waals surface area contributed by atoms with E-state index >= 15 is 0 Å². The molecule has 0 spiro atoms. The van der Waals surface area contributed by atoms with E-state index < -0.39 is 11.9 Å². The second kappa shape index (κ2) is 14.9. The molecule has 2 aliphatic heterocycles. The predicted molar refractivity (Wildman–Crippen MR) is 165 cm³/mol. The summed E-state index contributed by atoms with van der Waals surface area (Å²) in [5.74, 6) is -0.260. The number of likely N-dealkylation sites (tertiary alicyclic amines) is 1. The van der Waals surface area contributed by atoms with E-state index in [0.29, 0.717) is 36.6 Å². The second-order valence-corrected chi connectivity index (χ2v) is 12.7. The fraction of sp³-hybridized carbons (Fsp3) is 0.606. The van der Waals surface area contributed by atoms with Crippen LogP contribution in [0.5, 0.6) is 17.2 Å². The number of aliphatic carboxylic acids is 1. The SMILES string of the molecule is CCCCN(CCCC[N+](C)(C)C)C(=O)CN1C[C@H](c2cc(OC)c3c(c2)OCO3)[C@@H](C(=O)O)[C@@H]1CCc1ccccn1. The van der Waals surface area contributed by atoms with E-state index in [9.17, 15) is 14.7 Å². The lowest BCUT2D eigenvalue weighted by Gasteiger charge is -2.30. The van der Waals surface area contributed by atoms with Crippen LogP contribution in [0.15, 0.2) is 36.5 Å². The van der Waals surface area contributed by atoms with Crippen molar-refractivity contribution in [1.29, 1.82) is 0 Å². The van der Waals surface area contributed by atoms with E-state index in [2.05, 4.69) is 38.0 Å². The number of carbonyl (C=O) groups is 2. The minimum absolute atomic E-state index is 0.0644. The van der Waals surface area contributed by atoms with Crippen LogP contribution in [0, 0.1) is 5.92 Å². The van der Waals surface area contributed by atoms with Crippen LogP contribution in [0.1, 0.15) is 56.2 Å². The first-order valence-electron chi connectivity index (χ1n) is 15.5. The van der Waals surface area contributed by atoms with Gasteiger partial charge in [-0.05, 0) is 61.9 Å². The minimum atomic E-state index is -0.870. The number of unbranched alkanes of at least 4 members (excludes halogenated alkanes) is 2. The molecule has 1 fully saturated rings. The molecule has 0 radical (unpaired) electrons. The number of methoxy groups -OCH3 is 1. The lowest BCUT2D eigenvalue weighted by molar-refractivity contribution is -0.870. The molecule has 1 aromatic carbocycles. The number of carbonyl (C=O) groups excluding carboxylic acids is 1. The fourth-order valence-electron chi connectivity index (χ4n) is 6.27. The van der Waals surface area contributed by atoms with Crippen LogP contribution in [0.2, 0.25) is 0 Å². The number of pyridine rings is 1. The topological polar surface area (TPSA) is 101 Å². The van der Waals surface area contributed by atoms with Crippen LogP contribution in [-0.2, 0) is 16.0 Å². The first kappa shape index (κ1) is 32.5. The lowest BCUT2D eigenvalue weighted by atomic mass is 9.83. The molecular formula is C33H49N4O6+. The molecule has 10 heteroatoms. The molecular weight excluding hydrogens is 548 g/mol. The van der Waals surface area contributed by atoms with Crippen molar-refractivity contribution >= 4 is 11.9 Å². The highest BCUT2D eigenvalue weighted by atomic mass is 16.7. The Morgan fingerprint density at radius 3 is 2.60 bits per heavy atom. The van der Waals surface area contributed by atoms with Crippen molar-refractivity contribution in [2.24, 2.45) is 5.92 Å². The van der Waals surface area contributed by atoms with Crippen LogP contribution in [0.4, 0.5) is 0 Å². The molecule has 1 saturated heterocycles. The van der Waals surface area contributed by atoms with Gasteiger partial charge >= 0.3 is 5.97 Å². The summed E-state index contributed by atoms with van der Waals surface area (Å²) in [5, 5.41) is 10.6. The van der Waals surface area contributed by atoms with Gasteiger partial charge in [-0.25, -0.2) is 0 Å². The van der Waals surface area contributed by atoms with E-state index in [1.54, 1.807) is 13.3 Å². The van der Waals surface area contributed by atoms with Gasteiger partial charge in [-0.2, -0.15) is 0 Å². The highest BCUT2D eigenvalue weighted by Gasteiger charge is 2.47. The van der Waals surface area contributed by atoms with E-state index in [1.807, 2.05) is 35.2 Å². The molecule has 1 N–H and O–H groups in total. The Balaban J connectivity index is 1.58. The predicted octanol–water partition coefficient (Wildman–Crippen LogP) is 4.04. The number of carboxylic acids is 1. The van der Waals surface area contributed by atoms with Crippen molar-refractivity contribution in [2.45, 2.75) is 57.4 Å². The van der Waals surface area contributed by atoms with Crippen molar-refractivity contribution < 1.29 is 33.4 Å². The quantitative estimate of drug-likeness (QED) is 0.229. The zero-order valence-electron chi connectivity index (χ0n) is 26.5. The van der Waals surface area contributed by atoms with Gasteiger partial charge in [-0.15, -0.1) is 0 Å². The zero-order valence-corrected chi connectivity index (χ0v) is 26.5. The maximum Gasteiger partial charge on any atom is 0.308 e. The lowest BCUT2D eigenvalue weighted by Crippen LogP contribution is -2.45. The Bertz CT molecular complexity index is 1220. The summed E-state index contributed by atoms with van der Waals surface area (Å²) in [4.78, 5) is 35.3. The highest BCUT2D eigenvalue weighted by molar-refractivity contribution is 5.79. The van der Waals surface area contributed by atoms with Crippen LogP contribution >= 0.6 is 0 Å². The maximum absolute atomic E-state index is 13.9. The van der Waals surface area contributed by atoms with Gasteiger partial charge in [0.15, 0.2) is 11.5 Å². The first-order valence-corrected chi connectivity index (χ1v) is 15.5. The van der Waals surface area contributed by atoms with Crippen molar-refractivity contribution in [2.75, 3.05) is 67.8 Å². The number of aryl methyl sites for hydroxylation is 1.